The molecule has 2 saturated heterocycles. The summed E-state index contributed by atoms with van der Waals surface area (Å²) in [7, 11) is 2.08. The van der Waals surface area contributed by atoms with E-state index < -0.39 is 18.0 Å². The van der Waals surface area contributed by atoms with E-state index in [-0.39, 0.29) is 12.5 Å². The number of fused-ring (bicyclic) bond motifs is 1. The number of carbonyl (C=O) groups excluding carboxylic acids is 1. The van der Waals surface area contributed by atoms with Gasteiger partial charge in [-0.05, 0) is 19.2 Å². The Labute approximate surface area is 218 Å². The predicted molar refractivity (Wildman–Crippen MR) is 136 cm³/mol. The Morgan fingerprint density at radius 1 is 1.05 bits per heavy atom. The van der Waals surface area contributed by atoms with Crippen LogP contribution in [0.2, 0.25) is 0 Å². The number of halogens is 3. The van der Waals surface area contributed by atoms with Crippen molar-refractivity contribution in [1.29, 1.82) is 0 Å². The largest absolute Gasteiger partial charge is 0.451 e. The van der Waals surface area contributed by atoms with Crippen molar-refractivity contribution >= 4 is 22.6 Å². The van der Waals surface area contributed by atoms with Gasteiger partial charge >= 0.3 is 6.18 Å². The Balaban J connectivity index is 1.39. The quantitative estimate of drug-likeness (QED) is 0.522. The Kier molecular flexibility index (Phi) is 7.73. The molecular weight excluding hydrogens is 499 g/mol. The number of amides is 1. The molecule has 1 aromatic carbocycles. The zero-order valence-corrected chi connectivity index (χ0v) is 21.1. The molecule has 2 fully saturated rings. The lowest BCUT2D eigenvalue weighted by Crippen LogP contribution is -2.45. The molecule has 1 unspecified atom stereocenters. The van der Waals surface area contributed by atoms with E-state index in [9.17, 15) is 18.0 Å². The summed E-state index contributed by atoms with van der Waals surface area (Å²) in [5.74, 6) is -0.710. The van der Waals surface area contributed by atoms with Crippen LogP contribution in [0.5, 0.6) is 0 Å². The number of anilines is 1. The normalized spacial score (nSPS) is 18.5. The summed E-state index contributed by atoms with van der Waals surface area (Å²) in [6.07, 6.45) is -2.24. The van der Waals surface area contributed by atoms with Crippen LogP contribution in [0.15, 0.2) is 42.7 Å². The highest BCUT2D eigenvalue weighted by molar-refractivity contribution is 6.07. The van der Waals surface area contributed by atoms with Crippen LogP contribution >= 0.6 is 0 Å². The summed E-state index contributed by atoms with van der Waals surface area (Å²) < 4.78 is 44.5. The molecular formula is C26H30F3N7O2. The van der Waals surface area contributed by atoms with E-state index in [0.29, 0.717) is 37.4 Å². The van der Waals surface area contributed by atoms with E-state index >= 15 is 0 Å². The van der Waals surface area contributed by atoms with Crippen LogP contribution in [0, 0.1) is 0 Å². The van der Waals surface area contributed by atoms with Gasteiger partial charge in [0, 0.05) is 69.2 Å². The van der Waals surface area contributed by atoms with Gasteiger partial charge in [0.1, 0.15) is 5.82 Å². The molecule has 1 atom stereocenters. The first-order valence-corrected chi connectivity index (χ1v) is 12.6. The van der Waals surface area contributed by atoms with Crippen LogP contribution in [-0.4, -0.2) is 96.7 Å². The second kappa shape index (κ2) is 11.2. The maximum absolute atomic E-state index is 13.6. The fourth-order valence-electron chi connectivity index (χ4n) is 4.83. The Morgan fingerprint density at radius 3 is 2.42 bits per heavy atom. The van der Waals surface area contributed by atoms with Gasteiger partial charge in [-0.2, -0.15) is 13.2 Å². The zero-order chi connectivity index (χ0) is 26.7. The second-order valence-corrected chi connectivity index (χ2v) is 9.55. The van der Waals surface area contributed by atoms with Gasteiger partial charge in [0.2, 0.25) is 5.82 Å². The lowest BCUT2D eigenvalue weighted by molar-refractivity contribution is -0.145. The van der Waals surface area contributed by atoms with Crippen LogP contribution in [0.25, 0.3) is 10.9 Å². The Hall–Kier alpha value is -3.35. The fourth-order valence-corrected chi connectivity index (χ4v) is 4.83. The fraction of sp³-hybridized carbons (Fsp3) is 0.462. The van der Waals surface area contributed by atoms with E-state index in [0.717, 1.165) is 42.9 Å². The number of nitrogens with one attached hydrogen (secondary N) is 1. The molecule has 0 saturated carbocycles. The molecule has 1 N–H and O–H groups in total. The summed E-state index contributed by atoms with van der Waals surface area (Å²) >= 11 is 0. The van der Waals surface area contributed by atoms with Crippen molar-refractivity contribution in [3.05, 3.63) is 59.7 Å². The zero-order valence-electron chi connectivity index (χ0n) is 21.1. The molecule has 2 aromatic heterocycles. The molecule has 9 nitrogen and oxygen atoms in total. The number of benzene rings is 1. The number of aromatic nitrogens is 3. The van der Waals surface area contributed by atoms with Crippen molar-refractivity contribution in [3.63, 3.8) is 0 Å². The number of morpholine rings is 1. The first-order chi connectivity index (χ1) is 18.3. The Bertz CT molecular complexity index is 1260. The van der Waals surface area contributed by atoms with Crippen LogP contribution < -0.4 is 10.2 Å². The number of para-hydroxylation sites is 1. The molecule has 38 heavy (non-hydrogen) atoms. The van der Waals surface area contributed by atoms with Crippen LogP contribution in [-0.2, 0) is 10.9 Å². The molecule has 202 valence electrons. The second-order valence-electron chi connectivity index (χ2n) is 9.55. The van der Waals surface area contributed by atoms with Crippen molar-refractivity contribution in [1.82, 2.24) is 30.1 Å². The smallest absolute Gasteiger partial charge is 0.379 e. The number of pyridine rings is 1. The molecule has 2 aliphatic heterocycles. The van der Waals surface area contributed by atoms with Crippen LogP contribution in [0.4, 0.5) is 19.0 Å². The minimum Gasteiger partial charge on any atom is -0.379 e. The van der Waals surface area contributed by atoms with E-state index in [1.54, 1.807) is 0 Å². The van der Waals surface area contributed by atoms with Crippen molar-refractivity contribution in [3.8, 4) is 0 Å². The summed E-state index contributed by atoms with van der Waals surface area (Å²) in [5, 5.41) is 3.75. The third-order valence-electron chi connectivity index (χ3n) is 7.03. The average molecular weight is 530 g/mol. The highest BCUT2D eigenvalue weighted by Gasteiger charge is 2.35. The monoisotopic (exact) mass is 529 g/mol. The van der Waals surface area contributed by atoms with Gasteiger partial charge in [0.05, 0.1) is 30.3 Å². The highest BCUT2D eigenvalue weighted by Crippen LogP contribution is 2.28. The predicted octanol–water partition coefficient (Wildman–Crippen LogP) is 2.60. The first-order valence-electron chi connectivity index (χ1n) is 12.6. The maximum Gasteiger partial charge on any atom is 0.451 e. The maximum atomic E-state index is 13.6. The summed E-state index contributed by atoms with van der Waals surface area (Å²) in [6.45, 7) is 5.77. The van der Waals surface area contributed by atoms with E-state index in [2.05, 4.69) is 37.0 Å². The minimum absolute atomic E-state index is 0.175. The number of ether oxygens (including phenoxy) is 1. The van der Waals surface area contributed by atoms with E-state index in [4.69, 9.17) is 9.72 Å². The van der Waals surface area contributed by atoms with Gasteiger partial charge in [-0.25, -0.2) is 15.0 Å². The highest BCUT2D eigenvalue weighted by atomic mass is 19.4. The number of rotatable bonds is 6. The number of nitrogens with zero attached hydrogens (tertiary/aromatic N) is 6. The molecule has 2 aliphatic rings. The van der Waals surface area contributed by atoms with Crippen molar-refractivity contribution in [2.45, 2.75) is 12.2 Å². The van der Waals surface area contributed by atoms with Crippen LogP contribution in [0.1, 0.15) is 27.8 Å². The third kappa shape index (κ3) is 5.87. The standard InChI is InChI=1S/C26H30F3N7O2/c1-34-6-8-36(9-7-34)23-14-20(19-4-2-3-5-21(19)33-23)24(37)30-17-22(35-10-12-38-13-11-35)18-15-31-25(32-16-18)26(27,28)29/h2-5,14-16,22H,6-13,17H2,1H3,(H,30,37). The van der Waals surface area contributed by atoms with Crippen molar-refractivity contribution in [2.75, 3.05) is 71.0 Å². The summed E-state index contributed by atoms with van der Waals surface area (Å²) in [6, 6.07) is 8.94. The number of piperazine rings is 1. The van der Waals surface area contributed by atoms with E-state index in [1.807, 2.05) is 30.3 Å². The first kappa shape index (κ1) is 26.3. The lowest BCUT2D eigenvalue weighted by atomic mass is 10.1. The third-order valence-corrected chi connectivity index (χ3v) is 7.03. The molecule has 1 amide bonds. The van der Waals surface area contributed by atoms with Gasteiger partial charge < -0.3 is 19.9 Å². The number of carbonyl (C=O) groups is 1. The molecule has 3 aromatic rings. The number of alkyl halides is 3. The molecule has 0 radical (unpaired) electrons. The molecule has 0 aliphatic carbocycles. The number of hydrogen-bond donors (Lipinski definition) is 1. The Morgan fingerprint density at radius 2 is 1.74 bits per heavy atom. The topological polar surface area (TPSA) is 86.7 Å². The van der Waals surface area contributed by atoms with Crippen LogP contribution in [0.3, 0.4) is 0 Å². The van der Waals surface area contributed by atoms with Crippen molar-refractivity contribution < 1.29 is 22.7 Å². The van der Waals surface area contributed by atoms with E-state index in [1.165, 1.54) is 12.4 Å². The lowest BCUT2D eigenvalue weighted by Gasteiger charge is -2.34. The molecule has 12 heteroatoms. The van der Waals surface area contributed by atoms with Gasteiger partial charge in [-0.3, -0.25) is 9.69 Å². The number of hydrogen-bond acceptors (Lipinski definition) is 8. The SMILES string of the molecule is CN1CCN(c2cc(C(=O)NCC(c3cnc(C(F)(F)F)nc3)N3CCOCC3)c3ccccc3n2)CC1. The molecule has 0 spiro atoms. The number of likely N-dealkylation sites (N-methyl/N-ethyl adjacent to an activating group) is 1. The molecule has 4 heterocycles. The average Bonchev–Trinajstić information content (AvgIpc) is 2.93. The van der Waals surface area contributed by atoms with Gasteiger partial charge in [-0.1, -0.05) is 18.2 Å². The van der Waals surface area contributed by atoms with Gasteiger partial charge in [-0.15, -0.1) is 0 Å². The van der Waals surface area contributed by atoms with Gasteiger partial charge in [0.15, 0.2) is 0 Å². The van der Waals surface area contributed by atoms with Crippen molar-refractivity contribution in [2.24, 2.45) is 0 Å². The van der Waals surface area contributed by atoms with Gasteiger partial charge in [0.25, 0.3) is 5.91 Å². The molecule has 0 bridgehead atoms. The minimum atomic E-state index is -4.62. The summed E-state index contributed by atoms with van der Waals surface area (Å²) in [4.78, 5) is 31.9. The summed E-state index contributed by atoms with van der Waals surface area (Å²) in [5.41, 5.74) is 1.74. The molecule has 5 rings (SSSR count).